The second kappa shape index (κ2) is 8.48. The van der Waals surface area contributed by atoms with Crippen LogP contribution in [0.5, 0.6) is 0 Å². The maximum atomic E-state index is 11.7. The lowest BCUT2D eigenvalue weighted by molar-refractivity contribution is -0.141. The molecule has 0 saturated heterocycles. The van der Waals surface area contributed by atoms with Gasteiger partial charge in [-0.15, -0.1) is 0 Å². The Morgan fingerprint density at radius 1 is 1.39 bits per heavy atom. The first-order valence-electron chi connectivity index (χ1n) is 7.25. The lowest BCUT2D eigenvalue weighted by Gasteiger charge is -2.36. The van der Waals surface area contributed by atoms with Gasteiger partial charge in [0.1, 0.15) is 6.10 Å². The Balaban J connectivity index is 2.06. The van der Waals surface area contributed by atoms with Crippen molar-refractivity contribution >= 4 is 5.91 Å². The monoisotopic (exact) mass is 256 g/mol. The highest BCUT2D eigenvalue weighted by Gasteiger charge is 2.31. The normalized spacial score (nSPS) is 24.4. The number of amides is 1. The molecule has 1 amide bonds. The molecule has 0 radical (unpaired) electrons. The summed E-state index contributed by atoms with van der Waals surface area (Å²) in [6.45, 7) is 5.83. The molecule has 1 aliphatic carbocycles. The molecule has 0 aromatic heterocycles. The van der Waals surface area contributed by atoms with Gasteiger partial charge in [0, 0.05) is 6.54 Å². The molecule has 2 N–H and O–H groups in total. The number of nitrogens with one attached hydrogen (secondary N) is 2. The molecule has 1 atom stereocenters. The third-order valence-electron chi connectivity index (χ3n) is 3.53. The van der Waals surface area contributed by atoms with Gasteiger partial charge in [0.15, 0.2) is 0 Å². The highest BCUT2D eigenvalue weighted by molar-refractivity contribution is 5.80. The van der Waals surface area contributed by atoms with Gasteiger partial charge in [-0.05, 0) is 45.7 Å². The summed E-state index contributed by atoms with van der Waals surface area (Å²) in [7, 11) is 1.97. The third kappa shape index (κ3) is 5.36. The molecule has 0 aromatic rings. The molecule has 1 fully saturated rings. The van der Waals surface area contributed by atoms with Crippen LogP contribution in [0.15, 0.2) is 0 Å². The van der Waals surface area contributed by atoms with E-state index >= 15 is 0 Å². The average Bonchev–Trinajstić information content (AvgIpc) is 2.31. The van der Waals surface area contributed by atoms with Crippen molar-refractivity contribution < 1.29 is 9.53 Å². The van der Waals surface area contributed by atoms with Crippen molar-refractivity contribution in [2.24, 2.45) is 5.92 Å². The van der Waals surface area contributed by atoms with Crippen LogP contribution in [0.1, 0.15) is 46.0 Å². The van der Waals surface area contributed by atoms with Gasteiger partial charge in [0.2, 0.25) is 5.91 Å². The summed E-state index contributed by atoms with van der Waals surface area (Å²) in [5.74, 6) is 0.753. The Morgan fingerprint density at radius 3 is 2.72 bits per heavy atom. The summed E-state index contributed by atoms with van der Waals surface area (Å²) in [5, 5.41) is 6.10. The molecule has 1 unspecified atom stereocenters. The van der Waals surface area contributed by atoms with E-state index in [9.17, 15) is 4.79 Å². The van der Waals surface area contributed by atoms with Crippen LogP contribution in [-0.2, 0) is 9.53 Å². The van der Waals surface area contributed by atoms with Crippen LogP contribution in [0.25, 0.3) is 0 Å². The summed E-state index contributed by atoms with van der Waals surface area (Å²) < 4.78 is 5.74. The fraction of sp³-hybridized carbons (Fsp3) is 0.929. The summed E-state index contributed by atoms with van der Waals surface area (Å²) in [6.07, 6.45) is 5.53. The number of rotatable bonds is 9. The zero-order valence-electron chi connectivity index (χ0n) is 12.0. The largest absolute Gasteiger partial charge is 0.365 e. The van der Waals surface area contributed by atoms with Crippen molar-refractivity contribution in [2.45, 2.75) is 58.2 Å². The molecule has 1 rings (SSSR count). The number of carbonyl (C=O) groups excluding carboxylic acids is 1. The van der Waals surface area contributed by atoms with Crippen LogP contribution in [-0.4, -0.2) is 38.3 Å². The Labute approximate surface area is 111 Å². The van der Waals surface area contributed by atoms with Gasteiger partial charge >= 0.3 is 0 Å². The molecule has 1 aliphatic rings. The van der Waals surface area contributed by atoms with Crippen molar-refractivity contribution in [2.75, 3.05) is 20.1 Å². The van der Waals surface area contributed by atoms with Crippen molar-refractivity contribution in [1.29, 1.82) is 0 Å². The van der Waals surface area contributed by atoms with Gasteiger partial charge in [-0.1, -0.05) is 19.8 Å². The fourth-order valence-corrected chi connectivity index (χ4v) is 2.32. The number of unbranched alkanes of at least 4 members (excludes halogenated alkanes) is 2. The van der Waals surface area contributed by atoms with Crippen molar-refractivity contribution in [3.63, 3.8) is 0 Å². The van der Waals surface area contributed by atoms with E-state index in [1.807, 2.05) is 14.0 Å². The van der Waals surface area contributed by atoms with E-state index in [0.717, 1.165) is 38.3 Å². The van der Waals surface area contributed by atoms with Crippen LogP contribution in [0.2, 0.25) is 0 Å². The summed E-state index contributed by atoms with van der Waals surface area (Å²) >= 11 is 0. The summed E-state index contributed by atoms with van der Waals surface area (Å²) in [4.78, 5) is 11.7. The molecule has 106 valence electrons. The van der Waals surface area contributed by atoms with E-state index in [1.54, 1.807) is 0 Å². The zero-order chi connectivity index (χ0) is 13.4. The predicted molar refractivity (Wildman–Crippen MR) is 73.5 cm³/mol. The Bertz CT molecular complexity index is 240. The number of hydrogen-bond acceptors (Lipinski definition) is 3. The second-order valence-corrected chi connectivity index (χ2v) is 5.29. The minimum atomic E-state index is -0.313. The molecule has 4 heteroatoms. The van der Waals surface area contributed by atoms with Gasteiger partial charge < -0.3 is 15.4 Å². The Hall–Kier alpha value is -0.610. The molecular formula is C14H28N2O2. The third-order valence-corrected chi connectivity index (χ3v) is 3.53. The first-order valence-corrected chi connectivity index (χ1v) is 7.25. The van der Waals surface area contributed by atoms with Crippen molar-refractivity contribution in [3.05, 3.63) is 0 Å². The molecule has 4 nitrogen and oxygen atoms in total. The zero-order valence-corrected chi connectivity index (χ0v) is 12.0. The van der Waals surface area contributed by atoms with Crippen LogP contribution >= 0.6 is 0 Å². The quantitative estimate of drug-likeness (QED) is 0.617. The van der Waals surface area contributed by atoms with Crippen LogP contribution in [0, 0.1) is 5.92 Å². The highest BCUT2D eigenvalue weighted by Crippen LogP contribution is 2.30. The van der Waals surface area contributed by atoms with E-state index in [1.165, 1.54) is 12.8 Å². The van der Waals surface area contributed by atoms with Crippen molar-refractivity contribution in [1.82, 2.24) is 10.6 Å². The van der Waals surface area contributed by atoms with Crippen LogP contribution < -0.4 is 10.6 Å². The van der Waals surface area contributed by atoms with E-state index in [-0.39, 0.29) is 18.1 Å². The highest BCUT2D eigenvalue weighted by atomic mass is 16.5. The average molecular weight is 256 g/mol. The fourth-order valence-electron chi connectivity index (χ4n) is 2.32. The Kier molecular flexibility index (Phi) is 7.28. The van der Waals surface area contributed by atoms with Gasteiger partial charge in [0.05, 0.1) is 6.10 Å². The molecule has 0 spiro atoms. The lowest BCUT2D eigenvalue weighted by atomic mass is 9.82. The molecule has 0 heterocycles. The predicted octanol–water partition coefficient (Wildman–Crippen LogP) is 1.70. The molecular weight excluding hydrogens is 228 g/mol. The lowest BCUT2D eigenvalue weighted by Crippen LogP contribution is -2.43. The minimum absolute atomic E-state index is 0.0307. The van der Waals surface area contributed by atoms with Gasteiger partial charge in [-0.25, -0.2) is 0 Å². The first-order chi connectivity index (χ1) is 8.67. The van der Waals surface area contributed by atoms with E-state index in [4.69, 9.17) is 4.74 Å². The summed E-state index contributed by atoms with van der Waals surface area (Å²) in [6, 6.07) is 0. The first kappa shape index (κ1) is 15.4. The molecule has 0 aliphatic heterocycles. The second-order valence-electron chi connectivity index (χ2n) is 5.29. The van der Waals surface area contributed by atoms with Crippen molar-refractivity contribution in [3.8, 4) is 0 Å². The smallest absolute Gasteiger partial charge is 0.248 e. The topological polar surface area (TPSA) is 50.4 Å². The Morgan fingerprint density at radius 2 is 2.11 bits per heavy atom. The maximum absolute atomic E-state index is 11.7. The number of carbonyl (C=O) groups is 1. The molecule has 0 bridgehead atoms. The van der Waals surface area contributed by atoms with Gasteiger partial charge in [-0.2, -0.15) is 0 Å². The summed E-state index contributed by atoms with van der Waals surface area (Å²) in [5.41, 5.74) is 0. The van der Waals surface area contributed by atoms with Crippen LogP contribution in [0.3, 0.4) is 0 Å². The number of hydrogen-bond donors (Lipinski definition) is 2. The molecule has 0 aromatic carbocycles. The maximum Gasteiger partial charge on any atom is 0.248 e. The van der Waals surface area contributed by atoms with Gasteiger partial charge in [-0.3, -0.25) is 4.79 Å². The van der Waals surface area contributed by atoms with E-state index in [2.05, 4.69) is 17.6 Å². The minimum Gasteiger partial charge on any atom is -0.365 e. The SMILES string of the molecule is CCCCCNC(=O)C(C)OC1CC(CNC)C1. The molecule has 1 saturated carbocycles. The van der Waals surface area contributed by atoms with E-state index in [0.29, 0.717) is 0 Å². The standard InChI is InChI=1S/C14H28N2O2/c1-4-5-6-7-16-14(17)11(2)18-13-8-12(9-13)10-15-3/h11-13,15H,4-10H2,1-3H3,(H,16,17). The number of ether oxygens (including phenoxy) is 1. The van der Waals surface area contributed by atoms with Gasteiger partial charge in [0.25, 0.3) is 0 Å². The molecule has 18 heavy (non-hydrogen) atoms. The van der Waals surface area contributed by atoms with Crippen LogP contribution in [0.4, 0.5) is 0 Å². The van der Waals surface area contributed by atoms with E-state index < -0.39 is 0 Å².